The molecule has 0 saturated heterocycles. The summed E-state index contributed by atoms with van der Waals surface area (Å²) in [6.45, 7) is 5.99. The Morgan fingerprint density at radius 1 is 1.28 bits per heavy atom. The van der Waals surface area contributed by atoms with Gasteiger partial charge in [0.15, 0.2) is 0 Å². The molecule has 3 atom stereocenters. The average molecular weight is 443 g/mol. The Morgan fingerprint density at radius 3 is 2.59 bits per heavy atom. The number of imidazole rings is 1. The summed E-state index contributed by atoms with van der Waals surface area (Å²) in [5.74, 6) is -0.382. The molecule has 0 aliphatic carbocycles. The fraction of sp³-hybridized carbons (Fsp3) is 0.435. The van der Waals surface area contributed by atoms with Crippen molar-refractivity contribution in [1.82, 2.24) is 19.4 Å². The van der Waals surface area contributed by atoms with Gasteiger partial charge in [-0.25, -0.2) is 4.98 Å². The van der Waals surface area contributed by atoms with Crippen molar-refractivity contribution in [3.05, 3.63) is 51.9 Å². The lowest BCUT2D eigenvalue weighted by molar-refractivity contribution is -0.142. The number of hydrogen-bond acceptors (Lipinski definition) is 6. The van der Waals surface area contributed by atoms with E-state index in [2.05, 4.69) is 9.88 Å². The normalized spacial score (nSPS) is 14.4. The van der Waals surface area contributed by atoms with Gasteiger partial charge in [-0.3, -0.25) is 14.9 Å². The molecule has 9 heteroatoms. The maximum absolute atomic E-state index is 12.2. The minimum absolute atomic E-state index is 0.0371. The van der Waals surface area contributed by atoms with Crippen LogP contribution in [0.15, 0.2) is 35.3 Å². The van der Waals surface area contributed by atoms with E-state index in [1.807, 2.05) is 31.2 Å². The lowest BCUT2D eigenvalue weighted by Gasteiger charge is -2.19. The monoisotopic (exact) mass is 442 g/mol. The molecule has 2 heterocycles. The fourth-order valence-electron chi connectivity index (χ4n) is 3.91. The van der Waals surface area contributed by atoms with Crippen molar-refractivity contribution in [2.75, 3.05) is 13.7 Å². The number of carbonyl (C=O) groups is 1. The third-order valence-corrected chi connectivity index (χ3v) is 5.50. The number of methoxy groups -OCH3 is 1. The molecular formula is C23H30N4O5. The SMILES string of the molecule is COCC(C)n1c(-c2cc(C)c(=O)n(C)c2)nc2ccc(CNC(C(=O)O)C(C)O)cc21. The van der Waals surface area contributed by atoms with E-state index in [1.54, 1.807) is 31.8 Å². The van der Waals surface area contributed by atoms with E-state index in [1.165, 1.54) is 6.92 Å². The van der Waals surface area contributed by atoms with Crippen LogP contribution < -0.4 is 10.9 Å². The summed E-state index contributed by atoms with van der Waals surface area (Å²) >= 11 is 0. The van der Waals surface area contributed by atoms with Crippen LogP contribution in [0.5, 0.6) is 0 Å². The first-order valence-electron chi connectivity index (χ1n) is 10.5. The topological polar surface area (TPSA) is 119 Å². The van der Waals surface area contributed by atoms with E-state index in [0.29, 0.717) is 12.2 Å². The van der Waals surface area contributed by atoms with E-state index in [0.717, 1.165) is 28.0 Å². The highest BCUT2D eigenvalue weighted by molar-refractivity contribution is 5.81. The number of carboxylic acid groups (broad SMARTS) is 1. The molecule has 0 saturated carbocycles. The number of pyridine rings is 1. The van der Waals surface area contributed by atoms with Gasteiger partial charge in [-0.1, -0.05) is 6.07 Å². The predicted molar refractivity (Wildman–Crippen MR) is 122 cm³/mol. The first kappa shape index (κ1) is 23.6. The van der Waals surface area contributed by atoms with Gasteiger partial charge in [0, 0.05) is 38.0 Å². The van der Waals surface area contributed by atoms with Crippen LogP contribution in [-0.2, 0) is 23.1 Å². The largest absolute Gasteiger partial charge is 0.480 e. The molecule has 0 fully saturated rings. The molecule has 0 radical (unpaired) electrons. The third-order valence-electron chi connectivity index (χ3n) is 5.50. The molecule has 3 unspecified atom stereocenters. The quantitative estimate of drug-likeness (QED) is 0.463. The lowest BCUT2D eigenvalue weighted by atomic mass is 10.1. The van der Waals surface area contributed by atoms with Crippen LogP contribution in [-0.4, -0.2) is 56.2 Å². The van der Waals surface area contributed by atoms with Crippen molar-refractivity contribution >= 4 is 17.0 Å². The molecule has 3 aromatic rings. The number of rotatable bonds is 9. The number of nitrogens with one attached hydrogen (secondary N) is 1. The molecular weight excluding hydrogens is 412 g/mol. The molecule has 1 aromatic carbocycles. The number of aromatic nitrogens is 3. The summed E-state index contributed by atoms with van der Waals surface area (Å²) in [5, 5.41) is 21.9. The molecule has 0 aliphatic heterocycles. The molecule has 0 spiro atoms. The molecule has 3 rings (SSSR count). The molecule has 9 nitrogen and oxygen atoms in total. The Hall–Kier alpha value is -3.01. The second kappa shape index (κ2) is 9.64. The first-order valence-corrected chi connectivity index (χ1v) is 10.5. The van der Waals surface area contributed by atoms with Crippen LogP contribution >= 0.6 is 0 Å². The van der Waals surface area contributed by atoms with Gasteiger partial charge in [0.05, 0.1) is 29.8 Å². The summed E-state index contributed by atoms with van der Waals surface area (Å²) in [6.07, 6.45) is 0.748. The Balaban J connectivity index is 2.09. The van der Waals surface area contributed by atoms with E-state index >= 15 is 0 Å². The van der Waals surface area contributed by atoms with Gasteiger partial charge in [0.25, 0.3) is 5.56 Å². The molecule has 2 aromatic heterocycles. The van der Waals surface area contributed by atoms with E-state index in [4.69, 9.17) is 9.72 Å². The Bertz CT molecular complexity index is 1150. The lowest BCUT2D eigenvalue weighted by Crippen LogP contribution is -2.44. The maximum Gasteiger partial charge on any atom is 0.323 e. The summed E-state index contributed by atoms with van der Waals surface area (Å²) < 4.78 is 9.01. The zero-order valence-electron chi connectivity index (χ0n) is 19.0. The average Bonchev–Trinajstić information content (AvgIpc) is 3.10. The molecule has 3 N–H and O–H groups in total. The predicted octanol–water partition coefficient (Wildman–Crippen LogP) is 1.84. The molecule has 0 aliphatic rings. The van der Waals surface area contributed by atoms with Crippen molar-refractivity contribution in [2.24, 2.45) is 7.05 Å². The number of aryl methyl sites for hydroxylation is 2. The Labute approximate surface area is 186 Å². The zero-order chi connectivity index (χ0) is 23.6. The number of ether oxygens (including phenoxy) is 1. The van der Waals surface area contributed by atoms with Crippen LogP contribution in [0, 0.1) is 6.92 Å². The summed E-state index contributed by atoms with van der Waals surface area (Å²) in [7, 11) is 3.36. The second-order valence-electron chi connectivity index (χ2n) is 8.20. The number of nitrogens with zero attached hydrogens (tertiary/aromatic N) is 3. The number of aliphatic hydroxyl groups excluding tert-OH is 1. The van der Waals surface area contributed by atoms with Gasteiger partial charge in [-0.2, -0.15) is 0 Å². The number of benzene rings is 1. The highest BCUT2D eigenvalue weighted by atomic mass is 16.5. The smallest absolute Gasteiger partial charge is 0.323 e. The van der Waals surface area contributed by atoms with Crippen LogP contribution in [0.3, 0.4) is 0 Å². The highest BCUT2D eigenvalue weighted by Crippen LogP contribution is 2.29. The Morgan fingerprint density at radius 2 is 2.00 bits per heavy atom. The minimum Gasteiger partial charge on any atom is -0.480 e. The maximum atomic E-state index is 12.2. The van der Waals surface area contributed by atoms with Gasteiger partial charge in [-0.15, -0.1) is 0 Å². The number of aliphatic carboxylic acids is 1. The van der Waals surface area contributed by atoms with E-state index in [9.17, 15) is 19.8 Å². The summed E-state index contributed by atoms with van der Waals surface area (Å²) in [4.78, 5) is 28.3. The molecule has 32 heavy (non-hydrogen) atoms. The third kappa shape index (κ3) is 4.74. The first-order chi connectivity index (χ1) is 15.1. The molecule has 0 amide bonds. The molecule has 0 bridgehead atoms. The van der Waals surface area contributed by atoms with Gasteiger partial charge >= 0.3 is 5.97 Å². The van der Waals surface area contributed by atoms with Crippen molar-refractivity contribution in [2.45, 2.75) is 45.5 Å². The number of carboxylic acids is 1. The van der Waals surface area contributed by atoms with Crippen molar-refractivity contribution < 1.29 is 19.7 Å². The summed E-state index contributed by atoms with van der Waals surface area (Å²) in [6, 6.07) is 6.46. The van der Waals surface area contributed by atoms with Gasteiger partial charge in [0.1, 0.15) is 11.9 Å². The minimum atomic E-state index is -1.10. The standard InChI is InChI=1S/C23H30N4O5/c1-13-8-17(11-26(4)22(13)29)21-25-18-7-6-16(10-24-20(15(3)28)23(30)31)9-19(18)27(21)14(2)12-32-5/h6-9,11,14-15,20,24,28H,10,12H2,1-5H3,(H,30,31). The van der Waals surface area contributed by atoms with E-state index < -0.39 is 18.1 Å². The summed E-state index contributed by atoms with van der Waals surface area (Å²) in [5.41, 5.74) is 3.91. The Kier molecular flexibility index (Phi) is 7.12. The second-order valence-corrected chi connectivity index (χ2v) is 8.20. The van der Waals surface area contributed by atoms with E-state index in [-0.39, 0.29) is 18.1 Å². The van der Waals surface area contributed by atoms with Crippen molar-refractivity contribution in [3.8, 4) is 11.4 Å². The van der Waals surface area contributed by atoms with Crippen LogP contribution in [0.4, 0.5) is 0 Å². The number of aliphatic hydroxyl groups is 1. The zero-order valence-corrected chi connectivity index (χ0v) is 19.0. The van der Waals surface area contributed by atoms with Crippen LogP contribution in [0.1, 0.15) is 31.0 Å². The van der Waals surface area contributed by atoms with Crippen molar-refractivity contribution in [1.29, 1.82) is 0 Å². The molecule has 172 valence electrons. The number of hydrogen-bond donors (Lipinski definition) is 3. The van der Waals surface area contributed by atoms with Crippen LogP contribution in [0.25, 0.3) is 22.4 Å². The fourth-order valence-corrected chi connectivity index (χ4v) is 3.91. The van der Waals surface area contributed by atoms with Crippen molar-refractivity contribution in [3.63, 3.8) is 0 Å². The highest BCUT2D eigenvalue weighted by Gasteiger charge is 2.23. The van der Waals surface area contributed by atoms with Crippen LogP contribution in [0.2, 0.25) is 0 Å². The van der Waals surface area contributed by atoms with Gasteiger partial charge in [-0.05, 0) is 44.5 Å². The number of fused-ring (bicyclic) bond motifs is 1. The van der Waals surface area contributed by atoms with Gasteiger partial charge in [0.2, 0.25) is 0 Å². The van der Waals surface area contributed by atoms with Gasteiger partial charge < -0.3 is 24.1 Å².